The van der Waals surface area contributed by atoms with Gasteiger partial charge in [0.2, 0.25) is 0 Å². The van der Waals surface area contributed by atoms with Crippen LogP contribution < -0.4 is 5.56 Å². The Hall–Kier alpha value is -4.46. The van der Waals surface area contributed by atoms with E-state index in [1.807, 2.05) is 13.0 Å². The number of aromatic hydroxyl groups is 1. The SMILES string of the molecule is CCC1c2cc(-n3[nH]c(C)c(N=Nc4cc(C)cc(-c5cccc(C(=O)O)c5)c4O)c3=O)ccc2CC1C. The van der Waals surface area contributed by atoms with E-state index < -0.39 is 5.97 Å². The van der Waals surface area contributed by atoms with Crippen molar-refractivity contribution in [2.24, 2.45) is 16.1 Å². The molecule has 4 aromatic rings. The minimum atomic E-state index is -1.05. The smallest absolute Gasteiger partial charge is 0.335 e. The van der Waals surface area contributed by atoms with Gasteiger partial charge in [-0.3, -0.25) is 9.89 Å². The van der Waals surface area contributed by atoms with Gasteiger partial charge in [-0.2, -0.15) is 0 Å². The highest BCUT2D eigenvalue weighted by Crippen LogP contribution is 2.41. The zero-order valence-corrected chi connectivity index (χ0v) is 21.8. The second kappa shape index (κ2) is 9.78. The van der Waals surface area contributed by atoms with Gasteiger partial charge in [0.05, 0.1) is 16.9 Å². The first-order valence-electron chi connectivity index (χ1n) is 12.7. The third-order valence-corrected chi connectivity index (χ3v) is 7.41. The van der Waals surface area contributed by atoms with Crippen LogP contribution in [0.2, 0.25) is 0 Å². The first kappa shape index (κ1) is 25.2. The molecule has 0 radical (unpaired) electrons. The molecule has 0 saturated heterocycles. The van der Waals surface area contributed by atoms with E-state index in [1.54, 1.807) is 31.2 Å². The fourth-order valence-corrected chi connectivity index (χ4v) is 5.49. The second-order valence-corrected chi connectivity index (χ2v) is 10.1. The number of carboxylic acids is 1. The molecular weight excluding hydrogens is 480 g/mol. The third kappa shape index (κ3) is 4.42. The molecule has 3 N–H and O–H groups in total. The number of aromatic nitrogens is 2. The standard InChI is InChI=1S/C30H30N4O4/c1-5-23-17(3)13-20-9-10-22(15-24(20)23)34-29(36)27(18(4)33-34)32-31-26-12-16(2)11-25(28(26)35)19-7-6-8-21(14-19)30(37)38/h6-12,14-15,17,23,33,35H,5,13H2,1-4H3,(H,37,38). The van der Waals surface area contributed by atoms with E-state index in [9.17, 15) is 19.8 Å². The number of rotatable bonds is 6. The van der Waals surface area contributed by atoms with E-state index in [2.05, 4.69) is 41.3 Å². The van der Waals surface area contributed by atoms with Crippen molar-refractivity contribution in [2.75, 3.05) is 0 Å². The van der Waals surface area contributed by atoms with Crippen LogP contribution in [-0.4, -0.2) is 26.0 Å². The summed E-state index contributed by atoms with van der Waals surface area (Å²) in [5.41, 5.74) is 5.84. The minimum absolute atomic E-state index is 0.112. The number of azo groups is 1. The molecule has 0 fully saturated rings. The van der Waals surface area contributed by atoms with Crippen molar-refractivity contribution in [1.82, 2.24) is 9.78 Å². The number of nitrogens with zero attached hydrogens (tertiary/aromatic N) is 3. The van der Waals surface area contributed by atoms with Crippen LogP contribution >= 0.6 is 0 Å². The molecule has 3 aromatic carbocycles. The normalized spacial score (nSPS) is 16.7. The molecule has 0 aliphatic heterocycles. The molecule has 2 atom stereocenters. The Kier molecular flexibility index (Phi) is 6.48. The number of aryl methyl sites for hydroxylation is 2. The fourth-order valence-electron chi connectivity index (χ4n) is 5.49. The van der Waals surface area contributed by atoms with E-state index in [1.165, 1.54) is 27.9 Å². The number of H-pyrrole nitrogens is 1. The monoisotopic (exact) mass is 510 g/mol. The zero-order valence-electron chi connectivity index (χ0n) is 21.8. The molecule has 194 valence electrons. The van der Waals surface area contributed by atoms with Crippen molar-refractivity contribution >= 4 is 17.3 Å². The Labute approximate surface area is 220 Å². The van der Waals surface area contributed by atoms with Crippen molar-refractivity contribution in [1.29, 1.82) is 0 Å². The summed E-state index contributed by atoms with van der Waals surface area (Å²) in [7, 11) is 0. The number of nitrogens with one attached hydrogen (secondary N) is 1. The molecule has 0 amide bonds. The lowest BCUT2D eigenvalue weighted by Gasteiger charge is -2.14. The Balaban J connectivity index is 1.51. The fraction of sp³-hybridized carbons (Fsp3) is 0.267. The van der Waals surface area contributed by atoms with Gasteiger partial charge in [0, 0.05) is 5.56 Å². The predicted molar refractivity (Wildman–Crippen MR) is 146 cm³/mol. The van der Waals surface area contributed by atoms with E-state index >= 15 is 0 Å². The van der Waals surface area contributed by atoms with Crippen LogP contribution in [-0.2, 0) is 6.42 Å². The van der Waals surface area contributed by atoms with Crippen LogP contribution in [0.15, 0.2) is 69.6 Å². The molecule has 2 unspecified atom stereocenters. The quantitative estimate of drug-likeness (QED) is 0.243. The Morgan fingerprint density at radius 3 is 2.63 bits per heavy atom. The Morgan fingerprint density at radius 2 is 1.89 bits per heavy atom. The molecule has 0 saturated carbocycles. The third-order valence-electron chi connectivity index (χ3n) is 7.41. The van der Waals surface area contributed by atoms with Crippen molar-refractivity contribution in [3.63, 3.8) is 0 Å². The molecule has 1 heterocycles. The molecule has 8 nitrogen and oxygen atoms in total. The summed E-state index contributed by atoms with van der Waals surface area (Å²) in [4.78, 5) is 24.7. The molecular formula is C30H30N4O4. The van der Waals surface area contributed by atoms with Crippen molar-refractivity contribution in [2.45, 2.75) is 46.5 Å². The molecule has 1 aliphatic carbocycles. The maximum Gasteiger partial charge on any atom is 0.335 e. The van der Waals surface area contributed by atoms with Gasteiger partial charge in [0.25, 0.3) is 5.56 Å². The summed E-state index contributed by atoms with van der Waals surface area (Å²) in [5, 5.41) is 31.9. The van der Waals surface area contributed by atoms with Gasteiger partial charge in [-0.1, -0.05) is 32.0 Å². The molecule has 5 rings (SSSR count). The van der Waals surface area contributed by atoms with Crippen molar-refractivity contribution in [3.05, 3.63) is 92.9 Å². The summed E-state index contributed by atoms with van der Waals surface area (Å²) in [6.07, 6.45) is 2.10. The summed E-state index contributed by atoms with van der Waals surface area (Å²) >= 11 is 0. The molecule has 38 heavy (non-hydrogen) atoms. The number of phenolic OH excluding ortho intramolecular Hbond substituents is 1. The van der Waals surface area contributed by atoms with Gasteiger partial charge in [0.1, 0.15) is 5.69 Å². The van der Waals surface area contributed by atoms with Crippen LogP contribution in [0.1, 0.15) is 58.9 Å². The van der Waals surface area contributed by atoms with Gasteiger partial charge < -0.3 is 10.2 Å². The summed E-state index contributed by atoms with van der Waals surface area (Å²) in [6.45, 7) is 8.07. The van der Waals surface area contributed by atoms with Crippen LogP contribution in [0.4, 0.5) is 11.4 Å². The number of fused-ring (bicyclic) bond motifs is 1. The van der Waals surface area contributed by atoms with Crippen LogP contribution in [0.3, 0.4) is 0 Å². The predicted octanol–water partition coefficient (Wildman–Crippen LogP) is 6.95. The summed E-state index contributed by atoms with van der Waals surface area (Å²) < 4.78 is 1.48. The first-order valence-corrected chi connectivity index (χ1v) is 12.7. The van der Waals surface area contributed by atoms with Crippen LogP contribution in [0.25, 0.3) is 16.8 Å². The van der Waals surface area contributed by atoms with Gasteiger partial charge in [-0.15, -0.1) is 10.2 Å². The molecule has 0 bridgehead atoms. The van der Waals surface area contributed by atoms with Crippen molar-refractivity contribution in [3.8, 4) is 22.6 Å². The highest BCUT2D eigenvalue weighted by Gasteiger charge is 2.28. The van der Waals surface area contributed by atoms with Crippen LogP contribution in [0, 0.1) is 19.8 Å². The summed E-state index contributed by atoms with van der Waals surface area (Å²) in [5.74, 6) is -0.143. The number of phenols is 1. The number of hydrogen-bond donors (Lipinski definition) is 3. The summed E-state index contributed by atoms with van der Waals surface area (Å²) in [6, 6.07) is 15.9. The number of carbonyl (C=O) groups is 1. The zero-order chi connectivity index (χ0) is 27.1. The lowest BCUT2D eigenvalue weighted by molar-refractivity contribution is 0.0697. The van der Waals surface area contributed by atoms with Gasteiger partial charge in [-0.05, 0) is 97.2 Å². The van der Waals surface area contributed by atoms with Crippen molar-refractivity contribution < 1.29 is 15.0 Å². The average Bonchev–Trinajstić information content (AvgIpc) is 3.37. The number of carboxylic acid groups (broad SMARTS) is 1. The van der Waals surface area contributed by atoms with Crippen LogP contribution in [0.5, 0.6) is 5.75 Å². The number of benzene rings is 3. The largest absolute Gasteiger partial charge is 0.505 e. The Bertz CT molecular complexity index is 1650. The molecule has 8 heteroatoms. The van der Waals surface area contributed by atoms with E-state index in [0.29, 0.717) is 28.7 Å². The van der Waals surface area contributed by atoms with Gasteiger partial charge in [-0.25, -0.2) is 9.48 Å². The Morgan fingerprint density at radius 1 is 1.11 bits per heavy atom. The molecule has 0 spiro atoms. The minimum Gasteiger partial charge on any atom is -0.505 e. The van der Waals surface area contributed by atoms with Gasteiger partial charge >= 0.3 is 5.97 Å². The average molecular weight is 511 g/mol. The number of aromatic amines is 1. The highest BCUT2D eigenvalue weighted by atomic mass is 16.4. The van der Waals surface area contributed by atoms with E-state index in [-0.39, 0.29) is 28.2 Å². The molecule has 1 aromatic heterocycles. The maximum absolute atomic E-state index is 13.3. The second-order valence-electron chi connectivity index (χ2n) is 10.1. The van der Waals surface area contributed by atoms with E-state index in [0.717, 1.165) is 24.1 Å². The number of hydrogen-bond acceptors (Lipinski definition) is 5. The topological polar surface area (TPSA) is 120 Å². The van der Waals surface area contributed by atoms with Gasteiger partial charge in [0.15, 0.2) is 11.4 Å². The molecule has 1 aliphatic rings. The number of aromatic carboxylic acids is 1. The highest BCUT2D eigenvalue weighted by molar-refractivity contribution is 5.90. The van der Waals surface area contributed by atoms with E-state index in [4.69, 9.17) is 0 Å². The lowest BCUT2D eigenvalue weighted by Crippen LogP contribution is -2.14. The first-order chi connectivity index (χ1) is 18.2. The maximum atomic E-state index is 13.3. The lowest BCUT2D eigenvalue weighted by atomic mass is 9.91.